The van der Waals surface area contributed by atoms with Gasteiger partial charge in [0.05, 0.1) is 12.2 Å². The first-order chi connectivity index (χ1) is 13.5. The summed E-state index contributed by atoms with van der Waals surface area (Å²) in [5, 5.41) is 3.28. The van der Waals surface area contributed by atoms with Crippen molar-refractivity contribution in [2.24, 2.45) is 0 Å². The summed E-state index contributed by atoms with van der Waals surface area (Å²) < 4.78 is 0. The van der Waals surface area contributed by atoms with Gasteiger partial charge in [0.1, 0.15) is 0 Å². The van der Waals surface area contributed by atoms with E-state index in [2.05, 4.69) is 22.2 Å². The van der Waals surface area contributed by atoms with Gasteiger partial charge in [-0.1, -0.05) is 41.0 Å². The van der Waals surface area contributed by atoms with Crippen molar-refractivity contribution in [1.82, 2.24) is 19.7 Å². The lowest BCUT2D eigenvalue weighted by atomic mass is 10.2. The predicted octanol–water partition coefficient (Wildman–Crippen LogP) is 5.02. The molecule has 0 bridgehead atoms. The number of carbonyl (C=O) groups is 1. The zero-order valence-corrected chi connectivity index (χ0v) is 17.7. The molecule has 1 atom stereocenters. The average molecular weight is 435 g/mol. The maximum absolute atomic E-state index is 13.1. The Morgan fingerprint density at radius 2 is 1.93 bits per heavy atom. The summed E-state index contributed by atoms with van der Waals surface area (Å²) in [6.45, 7) is 4.61. The van der Waals surface area contributed by atoms with Gasteiger partial charge in [-0.05, 0) is 48.2 Å². The van der Waals surface area contributed by atoms with Crippen LogP contribution in [0.15, 0.2) is 53.7 Å². The first-order valence-corrected chi connectivity index (χ1v) is 10.7. The Morgan fingerprint density at radius 1 is 1.14 bits per heavy atom. The molecule has 146 valence electrons. The van der Waals surface area contributed by atoms with Crippen LogP contribution in [0.5, 0.6) is 0 Å². The highest BCUT2D eigenvalue weighted by Gasteiger charge is 2.39. The number of amides is 2. The zero-order valence-electron chi connectivity index (χ0n) is 15.4. The van der Waals surface area contributed by atoms with Crippen molar-refractivity contribution in [3.8, 4) is 0 Å². The highest BCUT2D eigenvalue weighted by Crippen LogP contribution is 2.36. The van der Waals surface area contributed by atoms with Gasteiger partial charge in [-0.15, -0.1) is 0 Å². The molecule has 0 radical (unpaired) electrons. The number of rotatable bonds is 5. The molecule has 3 heterocycles. The molecule has 2 aromatic rings. The zero-order chi connectivity index (χ0) is 19.7. The molecule has 28 heavy (non-hydrogen) atoms. The van der Waals surface area contributed by atoms with Gasteiger partial charge in [0, 0.05) is 41.6 Å². The van der Waals surface area contributed by atoms with Crippen molar-refractivity contribution in [3.05, 3.63) is 75.0 Å². The van der Waals surface area contributed by atoms with E-state index in [4.69, 9.17) is 23.2 Å². The number of allylic oxidation sites excluding steroid dienone is 1. The summed E-state index contributed by atoms with van der Waals surface area (Å²) in [6.07, 6.45) is 1.80. The third kappa shape index (κ3) is 4.09. The molecule has 0 N–H and O–H groups in total. The number of hydrogen-bond acceptors (Lipinski definition) is 4. The van der Waals surface area contributed by atoms with E-state index in [9.17, 15) is 4.79 Å². The predicted molar refractivity (Wildman–Crippen MR) is 114 cm³/mol. The standard InChI is InChI=1S/C20H20Cl2N4OS/c1-14-13-28-20(26(14)12-18-4-2-3-5-23-18)25-7-6-24(19(25)27)11-15-8-16(21)10-17(22)9-15/h2-5,8-10,13,20H,6-7,11-12H2,1H3. The molecule has 4 rings (SSSR count). The van der Waals surface area contributed by atoms with Crippen LogP contribution in [0.4, 0.5) is 4.79 Å². The van der Waals surface area contributed by atoms with Crippen molar-refractivity contribution < 1.29 is 4.79 Å². The fourth-order valence-electron chi connectivity index (χ4n) is 3.46. The van der Waals surface area contributed by atoms with E-state index in [0.717, 1.165) is 17.0 Å². The number of pyridine rings is 1. The second-order valence-corrected chi connectivity index (χ2v) is 8.65. The minimum Gasteiger partial charge on any atom is -0.340 e. The lowest BCUT2D eigenvalue weighted by Gasteiger charge is -2.33. The molecule has 0 aliphatic carbocycles. The number of nitrogens with zero attached hydrogens (tertiary/aromatic N) is 4. The van der Waals surface area contributed by atoms with Gasteiger partial charge in [-0.2, -0.15) is 0 Å². The highest BCUT2D eigenvalue weighted by molar-refractivity contribution is 8.02. The van der Waals surface area contributed by atoms with Crippen LogP contribution in [0.3, 0.4) is 0 Å². The molecular weight excluding hydrogens is 415 g/mol. The Kier molecular flexibility index (Phi) is 5.71. The van der Waals surface area contributed by atoms with E-state index in [1.165, 1.54) is 0 Å². The summed E-state index contributed by atoms with van der Waals surface area (Å²) in [5.41, 5.74) is 3.02. The van der Waals surface area contributed by atoms with Crippen LogP contribution in [0.2, 0.25) is 10.0 Å². The second-order valence-electron chi connectivity index (χ2n) is 6.85. The summed E-state index contributed by atoms with van der Waals surface area (Å²) >= 11 is 13.9. The molecule has 2 amide bonds. The minimum absolute atomic E-state index is 0.0303. The van der Waals surface area contributed by atoms with E-state index < -0.39 is 0 Å². The molecule has 5 nitrogen and oxygen atoms in total. The quantitative estimate of drug-likeness (QED) is 0.661. The Bertz CT molecular complexity index is 888. The van der Waals surface area contributed by atoms with Crippen molar-refractivity contribution in [2.75, 3.05) is 13.1 Å². The molecular formula is C20H20Cl2N4OS. The number of benzene rings is 1. The van der Waals surface area contributed by atoms with Gasteiger partial charge in [0.15, 0.2) is 5.50 Å². The van der Waals surface area contributed by atoms with Crippen LogP contribution in [-0.4, -0.2) is 44.3 Å². The number of aromatic nitrogens is 1. The lowest BCUT2D eigenvalue weighted by molar-refractivity contribution is 0.148. The topological polar surface area (TPSA) is 39.7 Å². The largest absolute Gasteiger partial charge is 0.340 e. The summed E-state index contributed by atoms with van der Waals surface area (Å²) in [6, 6.07) is 11.3. The summed E-state index contributed by atoms with van der Waals surface area (Å²) in [4.78, 5) is 23.5. The van der Waals surface area contributed by atoms with E-state index in [1.54, 1.807) is 24.0 Å². The van der Waals surface area contributed by atoms with Crippen LogP contribution in [0.1, 0.15) is 18.2 Å². The second kappa shape index (κ2) is 8.23. The van der Waals surface area contributed by atoms with E-state index >= 15 is 0 Å². The monoisotopic (exact) mass is 434 g/mol. The third-order valence-corrected chi connectivity index (χ3v) is 6.49. The molecule has 1 unspecified atom stereocenters. The van der Waals surface area contributed by atoms with Gasteiger partial charge in [0.25, 0.3) is 0 Å². The van der Waals surface area contributed by atoms with E-state index in [1.807, 2.05) is 40.1 Å². The molecule has 0 spiro atoms. The van der Waals surface area contributed by atoms with Crippen LogP contribution < -0.4 is 0 Å². The fourth-order valence-corrected chi connectivity index (χ4v) is 5.22. The van der Waals surface area contributed by atoms with Crippen molar-refractivity contribution in [3.63, 3.8) is 0 Å². The van der Waals surface area contributed by atoms with Crippen molar-refractivity contribution >= 4 is 41.0 Å². The molecule has 1 aromatic carbocycles. The molecule has 1 fully saturated rings. The number of halogens is 2. The SMILES string of the molecule is CC1=CSC(N2CCN(Cc3cc(Cl)cc(Cl)c3)C2=O)N1Cc1ccccn1. The maximum atomic E-state index is 13.1. The molecule has 1 saturated heterocycles. The Hall–Kier alpha value is -1.89. The number of thioether (sulfide) groups is 1. The van der Waals surface area contributed by atoms with Crippen LogP contribution in [0, 0.1) is 0 Å². The van der Waals surface area contributed by atoms with E-state index in [-0.39, 0.29) is 11.5 Å². The minimum atomic E-state index is -0.0533. The molecule has 2 aliphatic rings. The summed E-state index contributed by atoms with van der Waals surface area (Å²) in [7, 11) is 0. The molecule has 2 aliphatic heterocycles. The van der Waals surface area contributed by atoms with Gasteiger partial charge >= 0.3 is 6.03 Å². The smallest absolute Gasteiger partial charge is 0.322 e. The lowest BCUT2D eigenvalue weighted by Crippen LogP contribution is -2.45. The Balaban J connectivity index is 1.46. The first kappa shape index (κ1) is 19.4. The maximum Gasteiger partial charge on any atom is 0.322 e. The van der Waals surface area contributed by atoms with Gasteiger partial charge < -0.3 is 9.80 Å². The molecule has 0 saturated carbocycles. The summed E-state index contributed by atoms with van der Waals surface area (Å²) in [5.74, 6) is 0. The van der Waals surface area contributed by atoms with Crippen molar-refractivity contribution in [2.45, 2.75) is 25.5 Å². The van der Waals surface area contributed by atoms with Gasteiger partial charge in [-0.3, -0.25) is 9.88 Å². The molecule has 8 heteroatoms. The number of hydrogen-bond donors (Lipinski definition) is 0. The molecule has 1 aromatic heterocycles. The van der Waals surface area contributed by atoms with Gasteiger partial charge in [-0.25, -0.2) is 4.79 Å². The normalized spacial score (nSPS) is 19.5. The fraction of sp³-hybridized carbons (Fsp3) is 0.300. The van der Waals surface area contributed by atoms with Crippen LogP contribution in [0.25, 0.3) is 0 Å². The average Bonchev–Trinajstić information content (AvgIpc) is 3.18. The Morgan fingerprint density at radius 3 is 2.64 bits per heavy atom. The Labute approximate surface area is 178 Å². The van der Waals surface area contributed by atoms with Crippen molar-refractivity contribution in [1.29, 1.82) is 0 Å². The van der Waals surface area contributed by atoms with Crippen LogP contribution in [-0.2, 0) is 13.1 Å². The number of urea groups is 1. The van der Waals surface area contributed by atoms with Crippen LogP contribution >= 0.6 is 35.0 Å². The van der Waals surface area contributed by atoms with Gasteiger partial charge in [0.2, 0.25) is 0 Å². The highest BCUT2D eigenvalue weighted by atomic mass is 35.5. The third-order valence-electron chi connectivity index (χ3n) is 4.83. The number of carbonyl (C=O) groups excluding carboxylic acids is 1. The first-order valence-electron chi connectivity index (χ1n) is 9.00. The van der Waals surface area contributed by atoms with E-state index in [0.29, 0.717) is 36.2 Å².